The van der Waals surface area contributed by atoms with Crippen LogP contribution in [0.4, 0.5) is 17.6 Å². The number of carbonyl (C=O) groups is 1. The summed E-state index contributed by atoms with van der Waals surface area (Å²) in [7, 11) is 0. The van der Waals surface area contributed by atoms with Gasteiger partial charge >= 0.3 is 12.3 Å². The topological polar surface area (TPSA) is 26.3 Å². The molecule has 0 aliphatic rings. The Morgan fingerprint density at radius 2 is 1.80 bits per heavy atom. The van der Waals surface area contributed by atoms with Crippen molar-refractivity contribution in [3.8, 4) is 0 Å². The van der Waals surface area contributed by atoms with E-state index < -0.39 is 31.3 Å². The molecule has 2 nitrogen and oxygen atoms in total. The zero-order valence-electron chi connectivity index (χ0n) is 10.0. The molecule has 0 amide bonds. The van der Waals surface area contributed by atoms with Crippen LogP contribution < -0.4 is 0 Å². The fourth-order valence-corrected chi connectivity index (χ4v) is 1.84. The zero-order chi connectivity index (χ0) is 15.3. The smallest absolute Gasteiger partial charge is 0.330 e. The molecule has 0 aromatic heterocycles. The molecule has 0 bridgehead atoms. The van der Waals surface area contributed by atoms with Gasteiger partial charge in [0.05, 0.1) is 0 Å². The van der Waals surface area contributed by atoms with Gasteiger partial charge in [0.2, 0.25) is 0 Å². The molecular formula is C12H10Cl2F4O2. The molecule has 0 unspecified atom stereocenters. The molecule has 0 aliphatic carbocycles. The van der Waals surface area contributed by atoms with Crippen LogP contribution in [0, 0.1) is 0 Å². The van der Waals surface area contributed by atoms with E-state index in [0.29, 0.717) is 5.56 Å². The van der Waals surface area contributed by atoms with Crippen molar-refractivity contribution in [1.82, 2.24) is 0 Å². The molecule has 0 aliphatic heterocycles. The number of ether oxygens (including phenoxy) is 1. The molecule has 1 rings (SSSR count). The van der Waals surface area contributed by atoms with E-state index in [1.807, 2.05) is 0 Å². The largest absolute Gasteiger partial charge is 0.367 e. The van der Waals surface area contributed by atoms with Crippen LogP contribution in [-0.4, -0.2) is 31.3 Å². The molecule has 0 spiro atoms. The predicted molar refractivity (Wildman–Crippen MR) is 66.9 cm³/mol. The molecule has 20 heavy (non-hydrogen) atoms. The van der Waals surface area contributed by atoms with E-state index in [1.165, 1.54) is 12.1 Å². The highest BCUT2D eigenvalue weighted by molar-refractivity contribution is 6.36. The van der Waals surface area contributed by atoms with Crippen LogP contribution in [0.25, 0.3) is 0 Å². The van der Waals surface area contributed by atoms with E-state index >= 15 is 0 Å². The number of benzene rings is 1. The minimum absolute atomic E-state index is 0.223. The second-order valence-electron chi connectivity index (χ2n) is 3.97. The van der Waals surface area contributed by atoms with E-state index in [1.54, 1.807) is 6.07 Å². The van der Waals surface area contributed by atoms with Gasteiger partial charge in [0.25, 0.3) is 0 Å². The van der Waals surface area contributed by atoms with E-state index in [2.05, 4.69) is 4.74 Å². The Morgan fingerprint density at radius 3 is 2.30 bits per heavy atom. The van der Waals surface area contributed by atoms with Gasteiger partial charge in [0.15, 0.2) is 5.78 Å². The minimum atomic E-state index is -4.28. The molecule has 0 heterocycles. The summed E-state index contributed by atoms with van der Waals surface area (Å²) in [6, 6.07) is 4.61. The van der Waals surface area contributed by atoms with Gasteiger partial charge in [-0.1, -0.05) is 29.3 Å². The third kappa shape index (κ3) is 4.92. The maximum atomic E-state index is 12.5. The molecule has 0 saturated carbocycles. The Kier molecular flexibility index (Phi) is 6.23. The van der Waals surface area contributed by atoms with Crippen LogP contribution in [0.1, 0.15) is 5.56 Å². The molecule has 0 atom stereocenters. The summed E-state index contributed by atoms with van der Waals surface area (Å²) in [5, 5.41) is 0.507. The summed E-state index contributed by atoms with van der Waals surface area (Å²) >= 11 is 11.7. The summed E-state index contributed by atoms with van der Waals surface area (Å²) in [4.78, 5) is 11.5. The third-order valence-corrected chi connectivity index (χ3v) is 3.02. The summed E-state index contributed by atoms with van der Waals surface area (Å²) in [5.41, 5.74) is 0.338. The molecule has 0 N–H and O–H groups in total. The Labute approximate surface area is 122 Å². The van der Waals surface area contributed by atoms with Gasteiger partial charge in [0, 0.05) is 16.5 Å². The highest BCUT2D eigenvalue weighted by atomic mass is 35.5. The van der Waals surface area contributed by atoms with Gasteiger partial charge < -0.3 is 4.74 Å². The van der Waals surface area contributed by atoms with Crippen LogP contribution in [0.2, 0.25) is 10.0 Å². The van der Waals surface area contributed by atoms with Crippen molar-refractivity contribution < 1.29 is 27.1 Å². The fourth-order valence-electron chi connectivity index (χ4n) is 1.31. The van der Waals surface area contributed by atoms with Gasteiger partial charge in [-0.15, -0.1) is 0 Å². The molecule has 112 valence electrons. The minimum Gasteiger partial charge on any atom is -0.367 e. The fraction of sp³-hybridized carbons (Fsp3) is 0.417. The average molecular weight is 333 g/mol. The first-order valence-corrected chi connectivity index (χ1v) is 6.18. The molecular weight excluding hydrogens is 323 g/mol. The maximum Gasteiger partial charge on any atom is 0.330 e. The lowest BCUT2D eigenvalue weighted by molar-refractivity contribution is -0.168. The standard InChI is InChI=1S/C12H10Cl2F4O2/c13-9-2-1-3-10(14)8(9)4-7(19)5-20-6-12(17,18)11(15)16/h1-3,11H,4-6H2. The number of hydrogen-bond donors (Lipinski definition) is 0. The van der Waals surface area contributed by atoms with E-state index in [-0.39, 0.29) is 16.5 Å². The zero-order valence-corrected chi connectivity index (χ0v) is 11.5. The summed E-state index contributed by atoms with van der Waals surface area (Å²) in [6.45, 7) is -2.24. The van der Waals surface area contributed by atoms with Crippen LogP contribution in [0.15, 0.2) is 18.2 Å². The third-order valence-electron chi connectivity index (χ3n) is 2.31. The summed E-state index contributed by atoms with van der Waals surface area (Å²) < 4.78 is 53.0. The highest BCUT2D eigenvalue weighted by Crippen LogP contribution is 2.25. The number of Topliss-reactive ketones (excluding diaryl/α,β-unsaturated/α-hetero) is 1. The van der Waals surface area contributed by atoms with Gasteiger partial charge in [0.1, 0.15) is 13.2 Å². The van der Waals surface area contributed by atoms with Gasteiger partial charge in [-0.25, -0.2) is 8.78 Å². The lowest BCUT2D eigenvalue weighted by Crippen LogP contribution is -2.33. The van der Waals surface area contributed by atoms with Crippen molar-refractivity contribution in [3.63, 3.8) is 0 Å². The summed E-state index contributed by atoms with van der Waals surface area (Å²) in [5.74, 6) is -4.87. The van der Waals surface area contributed by atoms with E-state index in [4.69, 9.17) is 23.2 Å². The Hall–Kier alpha value is -0.850. The van der Waals surface area contributed by atoms with Crippen molar-refractivity contribution in [2.24, 2.45) is 0 Å². The first-order valence-electron chi connectivity index (χ1n) is 5.42. The van der Waals surface area contributed by atoms with Gasteiger partial charge in [-0.05, 0) is 17.7 Å². The maximum absolute atomic E-state index is 12.5. The number of rotatable bonds is 7. The molecule has 8 heteroatoms. The Bertz CT molecular complexity index is 460. The van der Waals surface area contributed by atoms with Crippen LogP contribution >= 0.6 is 23.2 Å². The monoisotopic (exact) mass is 332 g/mol. The normalized spacial score (nSPS) is 11.9. The van der Waals surface area contributed by atoms with E-state index in [9.17, 15) is 22.4 Å². The second kappa shape index (κ2) is 7.24. The highest BCUT2D eigenvalue weighted by Gasteiger charge is 2.41. The van der Waals surface area contributed by atoms with Crippen molar-refractivity contribution >= 4 is 29.0 Å². The van der Waals surface area contributed by atoms with Gasteiger partial charge in [-0.3, -0.25) is 4.79 Å². The first kappa shape index (κ1) is 17.2. The lowest BCUT2D eigenvalue weighted by Gasteiger charge is -2.14. The average Bonchev–Trinajstić information content (AvgIpc) is 2.33. The molecule has 1 aromatic carbocycles. The lowest BCUT2D eigenvalue weighted by atomic mass is 10.1. The number of carbonyl (C=O) groups excluding carboxylic acids is 1. The number of hydrogen-bond acceptors (Lipinski definition) is 2. The summed E-state index contributed by atoms with van der Waals surface area (Å²) in [6.07, 6.45) is -4.06. The number of alkyl halides is 4. The predicted octanol–water partition coefficient (Wildman–Crippen LogP) is 4.02. The quantitative estimate of drug-likeness (QED) is 0.705. The van der Waals surface area contributed by atoms with E-state index in [0.717, 1.165) is 0 Å². The molecule has 0 fully saturated rings. The SMILES string of the molecule is O=C(COCC(F)(F)C(F)F)Cc1c(Cl)cccc1Cl. The molecule has 0 radical (unpaired) electrons. The Morgan fingerprint density at radius 1 is 1.25 bits per heavy atom. The van der Waals surface area contributed by atoms with Crippen LogP contribution in [0.3, 0.4) is 0 Å². The molecule has 1 aromatic rings. The van der Waals surface area contributed by atoms with Crippen molar-refractivity contribution in [2.45, 2.75) is 18.8 Å². The van der Waals surface area contributed by atoms with Crippen LogP contribution in [-0.2, 0) is 16.0 Å². The van der Waals surface area contributed by atoms with Crippen molar-refractivity contribution in [1.29, 1.82) is 0 Å². The number of halogens is 6. The van der Waals surface area contributed by atoms with Gasteiger partial charge in [-0.2, -0.15) is 8.78 Å². The first-order chi connectivity index (χ1) is 9.24. The van der Waals surface area contributed by atoms with Crippen molar-refractivity contribution in [2.75, 3.05) is 13.2 Å². The number of ketones is 1. The van der Waals surface area contributed by atoms with Crippen LogP contribution in [0.5, 0.6) is 0 Å². The molecule has 0 saturated heterocycles. The Balaban J connectivity index is 2.49. The second-order valence-corrected chi connectivity index (χ2v) is 4.78. The van der Waals surface area contributed by atoms with Crippen molar-refractivity contribution in [3.05, 3.63) is 33.8 Å².